The van der Waals surface area contributed by atoms with Crippen molar-refractivity contribution in [2.24, 2.45) is 5.92 Å². The first-order valence-corrected chi connectivity index (χ1v) is 6.30. The van der Waals surface area contributed by atoms with Crippen molar-refractivity contribution in [2.75, 3.05) is 47.0 Å². The van der Waals surface area contributed by atoms with Gasteiger partial charge in [0, 0.05) is 20.8 Å². The van der Waals surface area contributed by atoms with Crippen LogP contribution < -0.4 is 10.6 Å². The highest BCUT2D eigenvalue weighted by molar-refractivity contribution is 4.70. The Hall–Kier alpha value is -0.160. The zero-order chi connectivity index (χ0) is 11.6. The van der Waals surface area contributed by atoms with Crippen molar-refractivity contribution in [3.63, 3.8) is 0 Å². The highest BCUT2D eigenvalue weighted by Crippen LogP contribution is 2.14. The van der Waals surface area contributed by atoms with E-state index in [0.29, 0.717) is 6.61 Å². The number of nitrogens with one attached hydrogen (secondary N) is 2. The van der Waals surface area contributed by atoms with Gasteiger partial charge in [-0.1, -0.05) is 0 Å². The molecule has 0 aromatic rings. The molecule has 16 heavy (non-hydrogen) atoms. The van der Waals surface area contributed by atoms with Crippen LogP contribution in [0.3, 0.4) is 0 Å². The molecule has 1 heterocycles. The van der Waals surface area contributed by atoms with E-state index in [4.69, 9.17) is 9.47 Å². The average molecular weight is 230 g/mol. The molecule has 0 aromatic heterocycles. The topological polar surface area (TPSA) is 42.5 Å². The molecule has 96 valence electrons. The van der Waals surface area contributed by atoms with E-state index >= 15 is 0 Å². The minimum atomic E-state index is 0.179. The smallest absolute Gasteiger partial charge is 0.0928 e. The van der Waals surface area contributed by atoms with Crippen molar-refractivity contribution in [1.29, 1.82) is 0 Å². The maximum absolute atomic E-state index is 5.29. The van der Waals surface area contributed by atoms with E-state index in [1.165, 1.54) is 32.4 Å². The number of rotatable bonds is 8. The quantitative estimate of drug-likeness (QED) is 0.600. The van der Waals surface area contributed by atoms with Crippen LogP contribution in [0.1, 0.15) is 19.3 Å². The normalized spacial score (nSPS) is 19.9. The minimum absolute atomic E-state index is 0.179. The maximum Gasteiger partial charge on any atom is 0.0928 e. The van der Waals surface area contributed by atoms with Crippen LogP contribution in [0.25, 0.3) is 0 Å². The molecule has 1 aliphatic heterocycles. The van der Waals surface area contributed by atoms with Gasteiger partial charge < -0.3 is 20.1 Å². The van der Waals surface area contributed by atoms with Gasteiger partial charge in [0.25, 0.3) is 0 Å². The summed E-state index contributed by atoms with van der Waals surface area (Å²) in [6.45, 7) is 5.02. The van der Waals surface area contributed by atoms with Crippen LogP contribution in [0, 0.1) is 5.92 Å². The molecule has 1 atom stereocenters. The highest BCUT2D eigenvalue weighted by Gasteiger charge is 2.12. The van der Waals surface area contributed by atoms with E-state index in [2.05, 4.69) is 10.6 Å². The summed E-state index contributed by atoms with van der Waals surface area (Å²) < 4.78 is 10.4. The summed E-state index contributed by atoms with van der Waals surface area (Å²) in [5.74, 6) is 0.900. The lowest BCUT2D eigenvalue weighted by Gasteiger charge is -2.23. The molecule has 1 saturated heterocycles. The number of methoxy groups -OCH3 is 2. The van der Waals surface area contributed by atoms with E-state index in [0.717, 1.165) is 19.0 Å². The second-order valence-corrected chi connectivity index (χ2v) is 4.50. The molecule has 0 amide bonds. The Labute approximate surface area is 99.1 Å². The highest BCUT2D eigenvalue weighted by atomic mass is 16.5. The predicted molar refractivity (Wildman–Crippen MR) is 65.8 cm³/mol. The van der Waals surface area contributed by atoms with Crippen molar-refractivity contribution in [3.05, 3.63) is 0 Å². The molecule has 4 nitrogen and oxygen atoms in total. The first kappa shape index (κ1) is 13.9. The van der Waals surface area contributed by atoms with Gasteiger partial charge in [0.15, 0.2) is 0 Å². The lowest BCUT2D eigenvalue weighted by atomic mass is 9.95. The Balaban J connectivity index is 1.97. The summed E-state index contributed by atoms with van der Waals surface area (Å²) in [7, 11) is 3.44. The Morgan fingerprint density at radius 3 is 2.69 bits per heavy atom. The zero-order valence-electron chi connectivity index (χ0n) is 10.6. The van der Waals surface area contributed by atoms with E-state index in [1.54, 1.807) is 14.2 Å². The van der Waals surface area contributed by atoms with Gasteiger partial charge >= 0.3 is 0 Å². The largest absolute Gasteiger partial charge is 0.382 e. The summed E-state index contributed by atoms with van der Waals surface area (Å²) in [4.78, 5) is 0. The third kappa shape index (κ3) is 5.80. The number of piperidine rings is 1. The molecule has 4 heteroatoms. The molecule has 0 saturated carbocycles. The molecule has 1 aliphatic rings. The van der Waals surface area contributed by atoms with Crippen LogP contribution in [0.2, 0.25) is 0 Å². The molecular formula is C12H26N2O2. The van der Waals surface area contributed by atoms with Crippen LogP contribution in [-0.4, -0.2) is 53.1 Å². The predicted octanol–water partition coefficient (Wildman–Crippen LogP) is 0.627. The molecular weight excluding hydrogens is 204 g/mol. The van der Waals surface area contributed by atoms with Crippen molar-refractivity contribution in [2.45, 2.75) is 25.4 Å². The molecule has 2 N–H and O–H groups in total. The standard InChI is InChI=1S/C12H26N2O2/c1-15-10-12(16-2)9-14-8-5-11-3-6-13-7-4-11/h11-14H,3-10H2,1-2H3. The van der Waals surface area contributed by atoms with Crippen molar-refractivity contribution in [1.82, 2.24) is 10.6 Å². The van der Waals surface area contributed by atoms with Crippen LogP contribution in [0.15, 0.2) is 0 Å². The van der Waals surface area contributed by atoms with Crippen LogP contribution >= 0.6 is 0 Å². The average Bonchev–Trinajstić information content (AvgIpc) is 2.34. The van der Waals surface area contributed by atoms with E-state index in [1.807, 2.05) is 0 Å². The fourth-order valence-electron chi connectivity index (χ4n) is 2.14. The van der Waals surface area contributed by atoms with E-state index in [-0.39, 0.29) is 6.10 Å². The first-order valence-electron chi connectivity index (χ1n) is 6.30. The lowest BCUT2D eigenvalue weighted by molar-refractivity contribution is 0.0288. The van der Waals surface area contributed by atoms with Crippen LogP contribution in [0.4, 0.5) is 0 Å². The van der Waals surface area contributed by atoms with Gasteiger partial charge in [0.1, 0.15) is 0 Å². The third-order valence-corrected chi connectivity index (χ3v) is 3.25. The molecule has 0 aliphatic carbocycles. The van der Waals surface area contributed by atoms with Crippen molar-refractivity contribution in [3.8, 4) is 0 Å². The number of ether oxygens (including phenoxy) is 2. The zero-order valence-corrected chi connectivity index (χ0v) is 10.6. The maximum atomic E-state index is 5.29. The molecule has 0 spiro atoms. The van der Waals surface area contributed by atoms with Crippen LogP contribution in [0.5, 0.6) is 0 Å². The molecule has 0 aromatic carbocycles. The summed E-state index contributed by atoms with van der Waals surface area (Å²) in [6, 6.07) is 0. The van der Waals surface area contributed by atoms with E-state index in [9.17, 15) is 0 Å². The Morgan fingerprint density at radius 2 is 2.06 bits per heavy atom. The van der Waals surface area contributed by atoms with Crippen molar-refractivity contribution < 1.29 is 9.47 Å². The van der Waals surface area contributed by atoms with Gasteiger partial charge in [-0.3, -0.25) is 0 Å². The SMILES string of the molecule is COCC(CNCCC1CCNCC1)OC. The molecule has 1 fully saturated rings. The lowest BCUT2D eigenvalue weighted by Crippen LogP contribution is -2.34. The van der Waals surface area contributed by atoms with Gasteiger partial charge in [-0.15, -0.1) is 0 Å². The summed E-state index contributed by atoms with van der Waals surface area (Å²) in [6.07, 6.45) is 4.12. The fraction of sp³-hybridized carbons (Fsp3) is 1.00. The number of hydrogen-bond acceptors (Lipinski definition) is 4. The molecule has 0 radical (unpaired) electrons. The first-order chi connectivity index (χ1) is 7.86. The third-order valence-electron chi connectivity index (χ3n) is 3.25. The monoisotopic (exact) mass is 230 g/mol. The van der Waals surface area contributed by atoms with Crippen molar-refractivity contribution >= 4 is 0 Å². The molecule has 1 unspecified atom stereocenters. The summed E-state index contributed by atoms with van der Waals surface area (Å²) in [5.41, 5.74) is 0. The van der Waals surface area contributed by atoms with Gasteiger partial charge in [-0.05, 0) is 44.8 Å². The van der Waals surface area contributed by atoms with Gasteiger partial charge in [0.05, 0.1) is 12.7 Å². The summed E-state index contributed by atoms with van der Waals surface area (Å²) in [5, 5.41) is 6.84. The fourth-order valence-corrected chi connectivity index (χ4v) is 2.14. The minimum Gasteiger partial charge on any atom is -0.382 e. The second-order valence-electron chi connectivity index (χ2n) is 4.50. The molecule has 1 rings (SSSR count). The molecule has 0 bridgehead atoms. The number of hydrogen-bond donors (Lipinski definition) is 2. The van der Waals surface area contributed by atoms with Crippen LogP contribution in [-0.2, 0) is 9.47 Å². The van der Waals surface area contributed by atoms with Gasteiger partial charge in [-0.25, -0.2) is 0 Å². The van der Waals surface area contributed by atoms with Gasteiger partial charge in [0.2, 0.25) is 0 Å². The second kappa shape index (κ2) is 8.93. The Bertz CT molecular complexity index is 154. The van der Waals surface area contributed by atoms with Gasteiger partial charge in [-0.2, -0.15) is 0 Å². The Kier molecular flexibility index (Phi) is 7.76. The Morgan fingerprint density at radius 1 is 1.31 bits per heavy atom. The summed E-state index contributed by atoms with van der Waals surface area (Å²) >= 11 is 0. The van der Waals surface area contributed by atoms with E-state index < -0.39 is 0 Å².